The normalized spacial score (nSPS) is 13.9. The minimum atomic E-state index is -4.96. The average Bonchev–Trinajstić information content (AvgIpc) is 0.914. The summed E-state index contributed by atoms with van der Waals surface area (Å²) in [5.41, 5.74) is 0. The zero-order chi connectivity index (χ0) is 75.6. The number of hydrogen-bond donors (Lipinski definition) is 3. The van der Waals surface area contributed by atoms with Crippen molar-refractivity contribution in [2.75, 3.05) is 39.6 Å². The van der Waals surface area contributed by atoms with E-state index in [1.165, 1.54) is 263 Å². The average molecular weight is 1510 g/mol. The Morgan fingerprint density at radius 2 is 0.447 bits per heavy atom. The molecular weight excluding hydrogens is 1340 g/mol. The van der Waals surface area contributed by atoms with Crippen LogP contribution in [-0.4, -0.2) is 96.7 Å². The molecule has 0 spiro atoms. The highest BCUT2D eigenvalue weighted by Gasteiger charge is 2.30. The highest BCUT2D eigenvalue weighted by Crippen LogP contribution is 2.45. The van der Waals surface area contributed by atoms with Gasteiger partial charge in [0.15, 0.2) is 12.2 Å². The summed E-state index contributed by atoms with van der Waals surface area (Å²) in [5, 5.41) is 10.7. The molecule has 0 radical (unpaired) electrons. The second-order valence-corrected chi connectivity index (χ2v) is 34.1. The summed E-state index contributed by atoms with van der Waals surface area (Å²) in [5.74, 6) is -0.568. The maximum Gasteiger partial charge on any atom is 0.472 e. The van der Waals surface area contributed by atoms with Gasteiger partial charge in [-0.2, -0.15) is 0 Å². The Morgan fingerprint density at radius 1 is 0.262 bits per heavy atom. The van der Waals surface area contributed by atoms with E-state index in [9.17, 15) is 43.2 Å². The Morgan fingerprint density at radius 3 is 0.660 bits per heavy atom. The van der Waals surface area contributed by atoms with Crippen molar-refractivity contribution in [2.24, 2.45) is 11.8 Å². The molecule has 0 aromatic rings. The quantitative estimate of drug-likeness (QED) is 0.0222. The third-order valence-electron chi connectivity index (χ3n) is 19.7. The molecule has 3 N–H and O–H groups in total. The van der Waals surface area contributed by atoms with Crippen molar-refractivity contribution in [1.82, 2.24) is 0 Å². The summed E-state index contributed by atoms with van der Waals surface area (Å²) in [6.07, 6.45) is 66.6. The van der Waals surface area contributed by atoms with Crippen LogP contribution in [0.25, 0.3) is 0 Å². The smallest absolute Gasteiger partial charge is 0.462 e. The van der Waals surface area contributed by atoms with Gasteiger partial charge in [0.25, 0.3) is 0 Å². The first kappa shape index (κ1) is 101. The molecule has 0 saturated heterocycles. The first-order valence-corrected chi connectivity index (χ1v) is 46.5. The Kier molecular flexibility index (Phi) is 74.1. The summed E-state index contributed by atoms with van der Waals surface area (Å²) in [6, 6.07) is 0. The number of hydrogen-bond acceptors (Lipinski definition) is 15. The van der Waals surface area contributed by atoms with Gasteiger partial charge in [0.2, 0.25) is 0 Å². The van der Waals surface area contributed by atoms with Crippen molar-refractivity contribution in [2.45, 2.75) is 464 Å². The zero-order valence-corrected chi connectivity index (χ0v) is 69.4. The summed E-state index contributed by atoms with van der Waals surface area (Å²) >= 11 is 0. The van der Waals surface area contributed by atoms with E-state index in [-0.39, 0.29) is 25.7 Å². The lowest BCUT2D eigenvalue weighted by Gasteiger charge is -2.21. The monoisotopic (exact) mass is 1510 g/mol. The minimum Gasteiger partial charge on any atom is -0.462 e. The number of phosphoric ester groups is 2. The van der Waals surface area contributed by atoms with Gasteiger partial charge in [-0.3, -0.25) is 37.3 Å². The maximum atomic E-state index is 13.1. The van der Waals surface area contributed by atoms with Crippen LogP contribution in [0.2, 0.25) is 0 Å². The van der Waals surface area contributed by atoms with Crippen molar-refractivity contribution in [3.05, 3.63) is 0 Å². The van der Waals surface area contributed by atoms with Crippen LogP contribution in [-0.2, 0) is 65.4 Å². The molecule has 0 aromatic carbocycles. The molecule has 0 aliphatic heterocycles. The summed E-state index contributed by atoms with van der Waals surface area (Å²) in [6.45, 7) is 9.66. The van der Waals surface area contributed by atoms with E-state index in [2.05, 4.69) is 41.5 Å². The second-order valence-electron chi connectivity index (χ2n) is 31.2. The molecule has 17 nitrogen and oxygen atoms in total. The summed E-state index contributed by atoms with van der Waals surface area (Å²) < 4.78 is 68.8. The van der Waals surface area contributed by atoms with Crippen molar-refractivity contribution in [3.63, 3.8) is 0 Å². The Bertz CT molecular complexity index is 1980. The fraction of sp³-hybridized carbons (Fsp3) is 0.952. The predicted molar refractivity (Wildman–Crippen MR) is 423 cm³/mol. The van der Waals surface area contributed by atoms with Crippen LogP contribution < -0.4 is 0 Å². The van der Waals surface area contributed by atoms with Crippen LogP contribution in [0, 0.1) is 11.8 Å². The van der Waals surface area contributed by atoms with Crippen molar-refractivity contribution >= 4 is 39.5 Å². The third-order valence-corrected chi connectivity index (χ3v) is 21.6. The van der Waals surface area contributed by atoms with Gasteiger partial charge in [0.05, 0.1) is 26.4 Å². The van der Waals surface area contributed by atoms with Gasteiger partial charge in [-0.15, -0.1) is 0 Å². The van der Waals surface area contributed by atoms with Crippen molar-refractivity contribution in [1.29, 1.82) is 0 Å². The summed E-state index contributed by atoms with van der Waals surface area (Å²) in [7, 11) is -9.93. The first-order chi connectivity index (χ1) is 49.9. The van der Waals surface area contributed by atoms with E-state index in [4.69, 9.17) is 37.0 Å². The maximum absolute atomic E-state index is 13.1. The van der Waals surface area contributed by atoms with Crippen LogP contribution in [0.1, 0.15) is 446 Å². The highest BCUT2D eigenvalue weighted by atomic mass is 31.2. The van der Waals surface area contributed by atoms with Crippen LogP contribution in [0.5, 0.6) is 0 Å². The fourth-order valence-corrected chi connectivity index (χ4v) is 14.6. The lowest BCUT2D eigenvalue weighted by Crippen LogP contribution is -2.30. The molecule has 0 amide bonds. The van der Waals surface area contributed by atoms with E-state index in [1.807, 2.05) is 0 Å². The first-order valence-electron chi connectivity index (χ1n) is 43.5. The number of phosphoric acid groups is 2. The standard InChI is InChI=1S/C84H164O17P2/c1-7-9-11-13-15-17-19-21-23-25-30-33-37-41-48-54-60-66-81(86)94-72-79(100-83(88)69-63-57-51-43-39-35-31-27-26-28-32-36-40-46-52-58-64-76(3)4)74-98-102(90,91)96-70-78(85)71-97-103(92,93)99-75-80(73-95-82(87)67-61-55-49-45-44-47-53-59-65-77(5)6)101-84(89)68-62-56-50-42-38-34-29-24-22-20-18-16-14-12-10-8-2/h76-80,85H,7-75H2,1-6H3,(H,90,91)(H,92,93)/t78-,79-,80-/m1/s1. The van der Waals surface area contributed by atoms with Crippen molar-refractivity contribution in [3.8, 4) is 0 Å². The number of aliphatic hydroxyl groups is 1. The molecule has 0 aromatic heterocycles. The van der Waals surface area contributed by atoms with Crippen LogP contribution >= 0.6 is 15.6 Å². The van der Waals surface area contributed by atoms with Crippen molar-refractivity contribution < 1.29 is 80.2 Å². The van der Waals surface area contributed by atoms with E-state index in [0.29, 0.717) is 25.7 Å². The van der Waals surface area contributed by atoms with Crippen LogP contribution in [0.4, 0.5) is 0 Å². The predicted octanol–water partition coefficient (Wildman–Crippen LogP) is 25.5. The molecular formula is C84H164O17P2. The van der Waals surface area contributed by atoms with Gasteiger partial charge in [0, 0.05) is 25.7 Å². The van der Waals surface area contributed by atoms with Crippen LogP contribution in [0.15, 0.2) is 0 Å². The van der Waals surface area contributed by atoms with Gasteiger partial charge >= 0.3 is 39.5 Å². The number of unbranched alkanes of at least 4 members (excludes halogenated alkanes) is 53. The molecule has 612 valence electrons. The Labute approximate surface area is 632 Å². The molecule has 0 rings (SSSR count). The molecule has 0 aliphatic carbocycles. The Hall–Kier alpha value is -1.94. The lowest BCUT2D eigenvalue weighted by molar-refractivity contribution is -0.161. The summed E-state index contributed by atoms with van der Waals surface area (Å²) in [4.78, 5) is 73.2. The third kappa shape index (κ3) is 78.0. The van der Waals surface area contributed by atoms with Gasteiger partial charge < -0.3 is 33.8 Å². The van der Waals surface area contributed by atoms with E-state index in [1.54, 1.807) is 0 Å². The molecule has 0 aliphatic rings. The molecule has 0 heterocycles. The molecule has 5 atom stereocenters. The number of aliphatic hydroxyl groups excluding tert-OH is 1. The van der Waals surface area contributed by atoms with Gasteiger partial charge in [-0.1, -0.05) is 395 Å². The molecule has 0 bridgehead atoms. The van der Waals surface area contributed by atoms with E-state index < -0.39 is 97.5 Å². The number of ether oxygens (including phenoxy) is 4. The number of carbonyl (C=O) groups excluding carboxylic acids is 4. The molecule has 2 unspecified atom stereocenters. The Balaban J connectivity index is 5.25. The largest absolute Gasteiger partial charge is 0.472 e. The SMILES string of the molecule is CCCCCCCCCCCCCCCCCCCC(=O)OC[C@H](COP(=O)(O)OC[C@@H](O)COP(=O)(O)OC[C@@H](COC(=O)CCCCCCCCCCC(C)C)OC(=O)CCCCCCCCCCCCCCCCCC)OC(=O)CCCCCCCCCCCCCCCCCCC(C)C. The lowest BCUT2D eigenvalue weighted by atomic mass is 10.0. The fourth-order valence-electron chi connectivity index (χ4n) is 13.1. The number of rotatable bonds is 83. The zero-order valence-electron chi connectivity index (χ0n) is 67.6. The minimum absolute atomic E-state index is 0.108. The van der Waals surface area contributed by atoms with Gasteiger partial charge in [-0.05, 0) is 37.5 Å². The number of esters is 4. The van der Waals surface area contributed by atoms with E-state index >= 15 is 0 Å². The molecule has 0 saturated carbocycles. The van der Waals surface area contributed by atoms with Gasteiger partial charge in [0.1, 0.15) is 19.3 Å². The van der Waals surface area contributed by atoms with E-state index in [0.717, 1.165) is 102 Å². The molecule has 0 fully saturated rings. The number of carbonyl (C=O) groups is 4. The molecule has 19 heteroatoms. The highest BCUT2D eigenvalue weighted by molar-refractivity contribution is 7.47. The van der Waals surface area contributed by atoms with Gasteiger partial charge in [-0.25, -0.2) is 9.13 Å². The topological polar surface area (TPSA) is 237 Å². The second kappa shape index (κ2) is 75.5. The van der Waals surface area contributed by atoms with Crippen LogP contribution in [0.3, 0.4) is 0 Å². The molecule has 103 heavy (non-hydrogen) atoms.